The highest BCUT2D eigenvalue weighted by molar-refractivity contribution is 5.82. The Kier molecular flexibility index (Phi) is 8.81. The molecule has 0 aromatic carbocycles. The number of nitrogens with one attached hydrogen (secondary N) is 1. The smallest absolute Gasteiger partial charge is 0.309 e. The summed E-state index contributed by atoms with van der Waals surface area (Å²) in [5.74, 6) is -0.0289. The molecule has 2 rings (SSSR count). The molecule has 2 saturated heterocycles. The fourth-order valence-corrected chi connectivity index (χ4v) is 3.84. The lowest BCUT2D eigenvalue weighted by molar-refractivity contribution is -0.151. The van der Waals surface area contributed by atoms with Crippen molar-refractivity contribution in [1.82, 2.24) is 15.1 Å². The topological polar surface area (TPSA) is 71.1 Å². The summed E-state index contributed by atoms with van der Waals surface area (Å²) >= 11 is 0. The predicted molar refractivity (Wildman–Crippen MR) is 99.9 cm³/mol. The van der Waals surface area contributed by atoms with Crippen LogP contribution in [0.4, 0.5) is 0 Å². The second kappa shape index (κ2) is 10.8. The predicted octanol–water partition coefficient (Wildman–Crippen LogP) is 0.877. The van der Waals surface area contributed by atoms with Crippen LogP contribution in [0.3, 0.4) is 0 Å². The molecule has 1 unspecified atom stereocenters. The van der Waals surface area contributed by atoms with E-state index < -0.39 is 0 Å². The molecule has 1 atom stereocenters. The second-order valence-electron chi connectivity index (χ2n) is 7.35. The summed E-state index contributed by atoms with van der Waals surface area (Å²) in [5, 5.41) is 3.51. The first-order valence-corrected chi connectivity index (χ1v) is 9.97. The van der Waals surface area contributed by atoms with Crippen molar-refractivity contribution in [3.63, 3.8) is 0 Å². The highest BCUT2D eigenvalue weighted by atomic mass is 16.5. The fourth-order valence-electron chi connectivity index (χ4n) is 3.84. The van der Waals surface area contributed by atoms with Crippen LogP contribution < -0.4 is 5.32 Å². The van der Waals surface area contributed by atoms with Crippen LogP contribution in [0.5, 0.6) is 0 Å². The van der Waals surface area contributed by atoms with Crippen molar-refractivity contribution in [2.45, 2.75) is 51.6 Å². The van der Waals surface area contributed by atoms with Gasteiger partial charge in [-0.05, 0) is 52.6 Å². The molecule has 0 aromatic heterocycles. The number of piperidine rings is 2. The van der Waals surface area contributed by atoms with Gasteiger partial charge in [0.15, 0.2) is 0 Å². The molecule has 0 saturated carbocycles. The minimum absolute atomic E-state index is 0.0568. The third-order valence-electron chi connectivity index (χ3n) is 5.48. The summed E-state index contributed by atoms with van der Waals surface area (Å²) in [7, 11) is 1.73. The number of methoxy groups -OCH3 is 1. The van der Waals surface area contributed by atoms with Crippen molar-refractivity contribution < 1.29 is 19.1 Å². The maximum absolute atomic E-state index is 12.7. The van der Waals surface area contributed by atoms with Crippen LogP contribution in [-0.2, 0) is 19.1 Å². The third kappa shape index (κ3) is 6.21. The zero-order chi connectivity index (χ0) is 18.9. The van der Waals surface area contributed by atoms with Crippen molar-refractivity contribution >= 4 is 11.9 Å². The van der Waals surface area contributed by atoms with Crippen LogP contribution in [0.15, 0.2) is 0 Å². The summed E-state index contributed by atoms with van der Waals surface area (Å²) in [6.07, 6.45) is 3.53. The standard InChI is InChI=1S/C19H35N3O4/c1-4-26-19(24)16-5-11-22(12-6-16)18(23)15(2)20-17-7-9-21(10-8-17)13-14-25-3/h15-17,20H,4-14H2,1-3H3. The molecule has 26 heavy (non-hydrogen) atoms. The van der Waals surface area contributed by atoms with Gasteiger partial charge in [-0.1, -0.05) is 0 Å². The molecule has 150 valence electrons. The van der Waals surface area contributed by atoms with Crippen LogP contribution in [0.2, 0.25) is 0 Å². The summed E-state index contributed by atoms with van der Waals surface area (Å²) in [5.41, 5.74) is 0. The Balaban J connectivity index is 1.69. The monoisotopic (exact) mass is 369 g/mol. The van der Waals surface area contributed by atoms with Crippen molar-refractivity contribution in [3.05, 3.63) is 0 Å². The average molecular weight is 370 g/mol. The van der Waals surface area contributed by atoms with Gasteiger partial charge >= 0.3 is 5.97 Å². The van der Waals surface area contributed by atoms with Crippen molar-refractivity contribution in [2.24, 2.45) is 5.92 Å². The molecular formula is C19H35N3O4. The molecule has 2 fully saturated rings. The van der Waals surface area contributed by atoms with Gasteiger partial charge in [0.2, 0.25) is 5.91 Å². The second-order valence-corrected chi connectivity index (χ2v) is 7.35. The zero-order valence-electron chi connectivity index (χ0n) is 16.5. The van der Waals surface area contributed by atoms with E-state index in [0.717, 1.165) is 39.1 Å². The maximum atomic E-state index is 12.7. The van der Waals surface area contributed by atoms with Gasteiger partial charge in [-0.2, -0.15) is 0 Å². The van der Waals surface area contributed by atoms with E-state index in [2.05, 4.69) is 10.2 Å². The molecule has 0 spiro atoms. The number of nitrogens with zero attached hydrogens (tertiary/aromatic N) is 2. The highest BCUT2D eigenvalue weighted by Gasteiger charge is 2.31. The quantitative estimate of drug-likeness (QED) is 0.641. The van der Waals surface area contributed by atoms with Gasteiger partial charge < -0.3 is 24.6 Å². The molecule has 1 amide bonds. The van der Waals surface area contributed by atoms with Crippen LogP contribution in [0.25, 0.3) is 0 Å². The Morgan fingerprint density at radius 1 is 1.12 bits per heavy atom. The van der Waals surface area contributed by atoms with E-state index in [0.29, 0.717) is 38.6 Å². The van der Waals surface area contributed by atoms with Gasteiger partial charge in [-0.15, -0.1) is 0 Å². The Morgan fingerprint density at radius 3 is 2.35 bits per heavy atom. The number of likely N-dealkylation sites (tertiary alicyclic amines) is 2. The summed E-state index contributed by atoms with van der Waals surface area (Å²) < 4.78 is 10.2. The minimum atomic E-state index is -0.176. The highest BCUT2D eigenvalue weighted by Crippen LogP contribution is 2.19. The minimum Gasteiger partial charge on any atom is -0.466 e. The van der Waals surface area contributed by atoms with E-state index in [1.165, 1.54) is 0 Å². The number of carbonyl (C=O) groups is 2. The molecule has 0 bridgehead atoms. The summed E-state index contributed by atoms with van der Waals surface area (Å²) in [6.45, 7) is 9.33. The van der Waals surface area contributed by atoms with E-state index >= 15 is 0 Å². The molecule has 1 N–H and O–H groups in total. The SMILES string of the molecule is CCOC(=O)C1CCN(C(=O)C(C)NC2CCN(CCOC)CC2)CC1. The van der Waals surface area contributed by atoms with Crippen molar-refractivity contribution in [2.75, 3.05) is 53.0 Å². The Morgan fingerprint density at radius 2 is 1.77 bits per heavy atom. The largest absolute Gasteiger partial charge is 0.466 e. The Labute approximate surface area is 157 Å². The molecule has 0 radical (unpaired) electrons. The zero-order valence-corrected chi connectivity index (χ0v) is 16.5. The number of ether oxygens (including phenoxy) is 2. The first kappa shape index (κ1) is 21.1. The number of rotatable bonds is 8. The Bertz CT molecular complexity index is 444. The van der Waals surface area contributed by atoms with E-state index in [1.54, 1.807) is 7.11 Å². The number of amides is 1. The molecule has 2 heterocycles. The number of carbonyl (C=O) groups excluding carboxylic acids is 2. The number of esters is 1. The Hall–Kier alpha value is -1.18. The lowest BCUT2D eigenvalue weighted by Crippen LogP contribution is -2.53. The van der Waals surface area contributed by atoms with E-state index in [1.807, 2.05) is 18.7 Å². The van der Waals surface area contributed by atoms with Crippen molar-refractivity contribution in [1.29, 1.82) is 0 Å². The third-order valence-corrected chi connectivity index (χ3v) is 5.48. The lowest BCUT2D eigenvalue weighted by atomic mass is 9.96. The summed E-state index contributed by atoms with van der Waals surface area (Å²) in [4.78, 5) is 28.8. The molecule has 0 aromatic rings. The van der Waals surface area contributed by atoms with Gasteiger partial charge in [0.1, 0.15) is 0 Å². The van der Waals surface area contributed by atoms with Gasteiger partial charge in [-0.25, -0.2) is 0 Å². The average Bonchev–Trinajstić information content (AvgIpc) is 2.67. The lowest BCUT2D eigenvalue weighted by Gasteiger charge is -2.36. The summed E-state index contributed by atoms with van der Waals surface area (Å²) in [6, 6.07) is 0.217. The normalized spacial score (nSPS) is 21.6. The molecule has 7 nitrogen and oxygen atoms in total. The maximum Gasteiger partial charge on any atom is 0.309 e. The van der Waals surface area contributed by atoms with E-state index in [4.69, 9.17) is 9.47 Å². The molecule has 2 aliphatic rings. The van der Waals surface area contributed by atoms with Crippen LogP contribution in [-0.4, -0.2) is 86.8 Å². The van der Waals surface area contributed by atoms with Gasteiger partial charge in [-0.3, -0.25) is 9.59 Å². The van der Waals surface area contributed by atoms with E-state index in [9.17, 15) is 9.59 Å². The molecule has 7 heteroatoms. The van der Waals surface area contributed by atoms with Gasteiger partial charge in [0, 0.05) is 32.8 Å². The first-order valence-electron chi connectivity index (χ1n) is 9.97. The molecule has 2 aliphatic heterocycles. The molecule has 0 aliphatic carbocycles. The fraction of sp³-hybridized carbons (Fsp3) is 0.895. The van der Waals surface area contributed by atoms with Crippen LogP contribution >= 0.6 is 0 Å². The van der Waals surface area contributed by atoms with Gasteiger partial charge in [0.25, 0.3) is 0 Å². The van der Waals surface area contributed by atoms with Gasteiger partial charge in [0.05, 0.1) is 25.2 Å². The number of hydrogen-bond acceptors (Lipinski definition) is 6. The van der Waals surface area contributed by atoms with Crippen LogP contribution in [0.1, 0.15) is 39.5 Å². The van der Waals surface area contributed by atoms with Crippen molar-refractivity contribution in [3.8, 4) is 0 Å². The van der Waals surface area contributed by atoms with E-state index in [-0.39, 0.29) is 23.8 Å². The molecular weight excluding hydrogens is 334 g/mol. The van der Waals surface area contributed by atoms with Crippen LogP contribution in [0, 0.1) is 5.92 Å². The first-order chi connectivity index (χ1) is 12.5. The number of hydrogen-bond donors (Lipinski definition) is 1.